The van der Waals surface area contributed by atoms with Gasteiger partial charge in [0.25, 0.3) is 0 Å². The summed E-state index contributed by atoms with van der Waals surface area (Å²) >= 11 is 6.08. The van der Waals surface area contributed by atoms with Crippen molar-refractivity contribution in [2.75, 3.05) is 19.5 Å². The number of ether oxygens (including phenoxy) is 1. The summed E-state index contributed by atoms with van der Waals surface area (Å²) in [6, 6.07) is 3.44. The molecule has 0 aliphatic carbocycles. The summed E-state index contributed by atoms with van der Waals surface area (Å²) in [4.78, 5) is 0. The van der Waals surface area contributed by atoms with Crippen LogP contribution < -0.4 is 4.18 Å². The Kier molecular flexibility index (Phi) is 6.30. The van der Waals surface area contributed by atoms with Gasteiger partial charge in [-0.05, 0) is 42.5 Å². The van der Waals surface area contributed by atoms with Gasteiger partial charge in [-0.3, -0.25) is 0 Å². The maximum Gasteiger partial charge on any atom is 0.309 e. The zero-order valence-corrected chi connectivity index (χ0v) is 13.8. The van der Waals surface area contributed by atoms with Crippen molar-refractivity contribution in [3.05, 3.63) is 28.3 Å². The predicted octanol–water partition coefficient (Wildman–Crippen LogP) is 3.52. The summed E-state index contributed by atoms with van der Waals surface area (Å²) in [5, 5.41) is 0.609. The van der Waals surface area contributed by atoms with E-state index in [1.54, 1.807) is 12.1 Å². The summed E-state index contributed by atoms with van der Waals surface area (Å²) in [5.41, 5.74) is 1.58. The van der Waals surface area contributed by atoms with E-state index >= 15 is 0 Å². The van der Waals surface area contributed by atoms with Crippen LogP contribution in [0.1, 0.15) is 37.3 Å². The molecular weight excluding hydrogens is 300 g/mol. The number of methoxy groups -OCH3 is 1. The molecule has 4 nitrogen and oxygen atoms in total. The molecule has 0 saturated heterocycles. The molecule has 6 heteroatoms. The Morgan fingerprint density at radius 1 is 1.30 bits per heavy atom. The van der Waals surface area contributed by atoms with E-state index in [0.29, 0.717) is 23.8 Å². The lowest BCUT2D eigenvalue weighted by Crippen LogP contribution is -2.16. The second-order valence-electron chi connectivity index (χ2n) is 4.99. The largest absolute Gasteiger partial charge is 0.385 e. The van der Waals surface area contributed by atoms with Crippen molar-refractivity contribution in [1.82, 2.24) is 0 Å². The minimum absolute atomic E-state index is 0.0694. The SMILES string of the molecule is COCCCS(=O)(=O)Oc1cc(C)c(Cl)cc1C(C)C. The molecule has 1 rings (SSSR count). The third kappa shape index (κ3) is 4.96. The highest BCUT2D eigenvalue weighted by Gasteiger charge is 2.18. The van der Waals surface area contributed by atoms with Gasteiger partial charge in [0.1, 0.15) is 5.75 Å². The lowest BCUT2D eigenvalue weighted by atomic mass is 10.0. The number of halogens is 1. The standard InChI is InChI=1S/C14H21ClO4S/c1-10(2)12-9-13(15)11(3)8-14(12)19-20(16,17)7-5-6-18-4/h8-10H,5-7H2,1-4H3. The number of hydrogen-bond donors (Lipinski definition) is 0. The lowest BCUT2D eigenvalue weighted by molar-refractivity contribution is 0.199. The molecule has 0 amide bonds. The van der Waals surface area contributed by atoms with Gasteiger partial charge in [-0.2, -0.15) is 8.42 Å². The van der Waals surface area contributed by atoms with Gasteiger partial charge in [-0.1, -0.05) is 25.4 Å². The van der Waals surface area contributed by atoms with E-state index < -0.39 is 10.1 Å². The number of aryl methyl sites for hydroxylation is 1. The van der Waals surface area contributed by atoms with Crippen molar-refractivity contribution in [2.45, 2.75) is 33.1 Å². The molecule has 0 bridgehead atoms. The fraction of sp³-hybridized carbons (Fsp3) is 0.571. The molecule has 0 atom stereocenters. The summed E-state index contributed by atoms with van der Waals surface area (Å²) in [7, 11) is -2.08. The van der Waals surface area contributed by atoms with E-state index in [1.807, 2.05) is 20.8 Å². The quantitative estimate of drug-likeness (QED) is 0.570. The Morgan fingerprint density at radius 2 is 1.95 bits per heavy atom. The van der Waals surface area contributed by atoms with Crippen molar-refractivity contribution in [3.63, 3.8) is 0 Å². The molecule has 20 heavy (non-hydrogen) atoms. The summed E-state index contributed by atoms with van der Waals surface area (Å²) in [6.07, 6.45) is 0.405. The molecule has 114 valence electrons. The molecule has 0 aliphatic heterocycles. The maximum atomic E-state index is 11.9. The molecule has 0 heterocycles. The Balaban J connectivity index is 2.99. The third-order valence-electron chi connectivity index (χ3n) is 2.87. The van der Waals surface area contributed by atoms with Crippen LogP contribution in [0.2, 0.25) is 5.02 Å². The van der Waals surface area contributed by atoms with Crippen LogP contribution in [0.4, 0.5) is 0 Å². The lowest BCUT2D eigenvalue weighted by Gasteiger charge is -2.15. The van der Waals surface area contributed by atoms with Gasteiger partial charge in [-0.15, -0.1) is 0 Å². The van der Waals surface area contributed by atoms with Gasteiger partial charge >= 0.3 is 10.1 Å². The normalized spacial score (nSPS) is 11.9. The van der Waals surface area contributed by atoms with E-state index in [1.165, 1.54) is 7.11 Å². The van der Waals surface area contributed by atoms with E-state index in [9.17, 15) is 8.42 Å². The van der Waals surface area contributed by atoms with E-state index in [-0.39, 0.29) is 11.7 Å². The van der Waals surface area contributed by atoms with Gasteiger partial charge in [0, 0.05) is 18.7 Å². The molecule has 1 aromatic rings. The highest BCUT2D eigenvalue weighted by Crippen LogP contribution is 2.32. The van der Waals surface area contributed by atoms with Crippen LogP contribution in [0.25, 0.3) is 0 Å². The first-order valence-corrected chi connectivity index (χ1v) is 8.43. The molecule has 1 aromatic carbocycles. The fourth-order valence-electron chi connectivity index (χ4n) is 1.75. The van der Waals surface area contributed by atoms with E-state index in [2.05, 4.69) is 0 Å². The molecule has 0 unspecified atom stereocenters. The van der Waals surface area contributed by atoms with Crippen LogP contribution in [0.15, 0.2) is 12.1 Å². The van der Waals surface area contributed by atoms with Gasteiger partial charge < -0.3 is 8.92 Å². The van der Waals surface area contributed by atoms with Gasteiger partial charge in [-0.25, -0.2) is 0 Å². The average Bonchev–Trinajstić information content (AvgIpc) is 2.33. The first kappa shape index (κ1) is 17.3. The first-order chi connectivity index (χ1) is 9.26. The van der Waals surface area contributed by atoms with Crippen molar-refractivity contribution in [2.24, 2.45) is 0 Å². The second-order valence-corrected chi connectivity index (χ2v) is 7.08. The van der Waals surface area contributed by atoms with Crippen LogP contribution in [0.3, 0.4) is 0 Å². The monoisotopic (exact) mass is 320 g/mol. The van der Waals surface area contributed by atoms with Crippen LogP contribution >= 0.6 is 11.6 Å². The number of rotatable bonds is 7. The highest BCUT2D eigenvalue weighted by molar-refractivity contribution is 7.87. The van der Waals surface area contributed by atoms with Crippen LogP contribution in [0.5, 0.6) is 5.75 Å². The Labute approximate surface area is 126 Å². The topological polar surface area (TPSA) is 52.6 Å². The average molecular weight is 321 g/mol. The van der Waals surface area contributed by atoms with Crippen LogP contribution in [0, 0.1) is 6.92 Å². The van der Waals surface area contributed by atoms with E-state index in [4.69, 9.17) is 20.5 Å². The second kappa shape index (κ2) is 7.29. The van der Waals surface area contributed by atoms with Gasteiger partial charge in [0.2, 0.25) is 0 Å². The zero-order chi connectivity index (χ0) is 15.3. The van der Waals surface area contributed by atoms with Crippen molar-refractivity contribution < 1.29 is 17.3 Å². The smallest absolute Gasteiger partial charge is 0.309 e. The molecule has 0 aliphatic rings. The fourth-order valence-corrected chi connectivity index (χ4v) is 2.90. The highest BCUT2D eigenvalue weighted by atomic mass is 35.5. The minimum Gasteiger partial charge on any atom is -0.385 e. The van der Waals surface area contributed by atoms with Crippen molar-refractivity contribution >= 4 is 21.7 Å². The number of hydrogen-bond acceptors (Lipinski definition) is 4. The molecule has 0 saturated carbocycles. The molecule has 0 N–H and O–H groups in total. The summed E-state index contributed by atoms with van der Waals surface area (Å²) < 4.78 is 34.0. The van der Waals surface area contributed by atoms with E-state index in [0.717, 1.165) is 11.1 Å². The van der Waals surface area contributed by atoms with Gasteiger partial charge in [0.05, 0.1) is 5.75 Å². The summed E-state index contributed by atoms with van der Waals surface area (Å²) in [6.45, 7) is 6.13. The molecule has 0 fully saturated rings. The van der Waals surface area contributed by atoms with Crippen molar-refractivity contribution in [1.29, 1.82) is 0 Å². The van der Waals surface area contributed by atoms with Crippen LogP contribution in [-0.2, 0) is 14.9 Å². The first-order valence-electron chi connectivity index (χ1n) is 6.48. The maximum absolute atomic E-state index is 11.9. The Bertz CT molecular complexity index is 553. The third-order valence-corrected chi connectivity index (χ3v) is 4.50. The zero-order valence-electron chi connectivity index (χ0n) is 12.3. The molecule has 0 spiro atoms. The van der Waals surface area contributed by atoms with Crippen molar-refractivity contribution in [3.8, 4) is 5.75 Å². The molecular formula is C14H21ClO4S. The Hall–Kier alpha value is -0.780. The minimum atomic E-state index is -3.62. The van der Waals surface area contributed by atoms with Gasteiger partial charge in [0.15, 0.2) is 0 Å². The van der Waals surface area contributed by atoms with Crippen LogP contribution in [-0.4, -0.2) is 27.9 Å². The summed E-state index contributed by atoms with van der Waals surface area (Å²) in [5.74, 6) is 0.414. The molecule has 0 aromatic heterocycles. The predicted molar refractivity (Wildman–Crippen MR) is 81.2 cm³/mol. The number of benzene rings is 1. The molecule has 0 radical (unpaired) electrons. The Morgan fingerprint density at radius 3 is 2.50 bits per heavy atom.